The number of H-pyrrole nitrogens is 1. The van der Waals surface area contributed by atoms with Crippen molar-refractivity contribution in [1.82, 2.24) is 9.71 Å². The number of nitrogen functional groups attached to an aromatic ring is 1. The quantitative estimate of drug-likeness (QED) is 0.308. The lowest BCUT2D eigenvalue weighted by molar-refractivity contribution is 0.103. The summed E-state index contributed by atoms with van der Waals surface area (Å²) in [5.74, 6) is 6.51. The number of fused-ring (bicyclic) bond motifs is 4. The van der Waals surface area contributed by atoms with Gasteiger partial charge < -0.3 is 15.6 Å². The first-order valence-corrected chi connectivity index (χ1v) is 13.6. The summed E-state index contributed by atoms with van der Waals surface area (Å²) in [7, 11) is -2.24. The second kappa shape index (κ2) is 7.66. The summed E-state index contributed by atoms with van der Waals surface area (Å²) in [4.78, 5) is 19.5. The summed E-state index contributed by atoms with van der Waals surface area (Å²) >= 11 is 0. The number of carbonyl (C=O) groups is 1. The van der Waals surface area contributed by atoms with Crippen LogP contribution in [-0.4, -0.2) is 46.2 Å². The number of nitrogens with zero attached hydrogens (tertiary/aromatic N) is 1. The summed E-state index contributed by atoms with van der Waals surface area (Å²) in [5, 5.41) is 0.881. The van der Waals surface area contributed by atoms with Gasteiger partial charge in [0.1, 0.15) is 0 Å². The highest BCUT2D eigenvalue weighted by Gasteiger charge is 2.40. The number of hydrogen-bond acceptors (Lipinski definition) is 4. The van der Waals surface area contributed by atoms with Crippen molar-refractivity contribution < 1.29 is 9.00 Å². The highest BCUT2D eigenvalue weighted by molar-refractivity contribution is 7.97. The number of nitrogens with one attached hydrogen (secondary N) is 2. The number of piperidine rings is 1. The van der Waals surface area contributed by atoms with Gasteiger partial charge in [0, 0.05) is 73.9 Å². The molecule has 34 heavy (non-hydrogen) atoms. The van der Waals surface area contributed by atoms with Crippen LogP contribution in [0.5, 0.6) is 0 Å². The zero-order valence-corrected chi connectivity index (χ0v) is 20.6. The molecule has 1 aliphatic carbocycles. The van der Waals surface area contributed by atoms with Gasteiger partial charge in [-0.1, -0.05) is 25.8 Å². The molecule has 2 aromatic carbocycles. The lowest BCUT2D eigenvalue weighted by Gasteiger charge is -2.37. The number of aromatic nitrogens is 1. The molecule has 0 spiro atoms. The predicted molar refractivity (Wildman–Crippen MR) is 142 cm³/mol. The molecule has 4 N–H and O–H groups in total. The molecule has 5 rings (SSSR count). The van der Waals surface area contributed by atoms with Crippen molar-refractivity contribution in [2.24, 2.45) is 0 Å². The molecule has 0 bridgehead atoms. The van der Waals surface area contributed by atoms with E-state index in [0.29, 0.717) is 16.8 Å². The predicted octanol–water partition coefficient (Wildman–Crippen LogP) is 3.42. The number of ketones is 1. The molecule has 0 radical (unpaired) electrons. The fraction of sp³-hybridized carbons (Fsp3) is 0.333. The molecule has 7 heteroatoms. The monoisotopic (exact) mass is 474 g/mol. The van der Waals surface area contributed by atoms with Gasteiger partial charge in [-0.05, 0) is 48.5 Å². The average Bonchev–Trinajstić information content (AvgIpc) is 3.16. The second-order valence-corrected chi connectivity index (χ2v) is 12.3. The van der Waals surface area contributed by atoms with E-state index in [9.17, 15) is 9.00 Å². The minimum atomic E-state index is -2.24. The Bertz CT molecular complexity index is 1480. The van der Waals surface area contributed by atoms with E-state index in [4.69, 9.17) is 12.2 Å². The van der Waals surface area contributed by atoms with E-state index in [0.717, 1.165) is 59.3 Å². The van der Waals surface area contributed by atoms with Crippen molar-refractivity contribution >= 4 is 43.6 Å². The van der Waals surface area contributed by atoms with Crippen LogP contribution in [0, 0.1) is 12.3 Å². The summed E-state index contributed by atoms with van der Waals surface area (Å²) in [6.45, 7) is 5.84. The van der Waals surface area contributed by atoms with E-state index in [1.54, 1.807) is 6.26 Å². The van der Waals surface area contributed by atoms with Crippen LogP contribution in [0.2, 0.25) is 0 Å². The average molecular weight is 475 g/mol. The molecular weight excluding hydrogens is 444 g/mol. The molecule has 1 atom stereocenters. The Morgan fingerprint density at radius 1 is 1.26 bits per heavy atom. The molecule has 1 saturated heterocycles. The number of benzene rings is 2. The van der Waals surface area contributed by atoms with Gasteiger partial charge in [0.15, 0.2) is 5.78 Å². The summed E-state index contributed by atoms with van der Waals surface area (Å²) in [6.07, 6.45) is 9.25. The number of anilines is 2. The molecular formula is C27H30N4O2S. The Hall–Kier alpha value is -3.21. The Morgan fingerprint density at radius 2 is 1.97 bits per heavy atom. The van der Waals surface area contributed by atoms with Crippen molar-refractivity contribution in [3.8, 4) is 12.3 Å². The summed E-state index contributed by atoms with van der Waals surface area (Å²) in [5.41, 5.74) is 12.0. The minimum Gasteiger partial charge on any atom is -0.399 e. The minimum absolute atomic E-state index is 0.0144. The van der Waals surface area contributed by atoms with Crippen LogP contribution in [-0.2, 0) is 15.1 Å². The van der Waals surface area contributed by atoms with Crippen LogP contribution >= 0.6 is 0 Å². The summed E-state index contributed by atoms with van der Waals surface area (Å²) < 4.78 is 15.2. The van der Waals surface area contributed by atoms with E-state index in [-0.39, 0.29) is 11.8 Å². The number of terminal acetylenes is 1. The number of nitrogens with two attached hydrogens (primary N) is 1. The zero-order chi connectivity index (χ0) is 24.4. The highest BCUT2D eigenvalue weighted by atomic mass is 32.2. The van der Waals surface area contributed by atoms with Crippen molar-refractivity contribution in [2.45, 2.75) is 38.1 Å². The second-order valence-electron chi connectivity index (χ2n) is 10.1. The van der Waals surface area contributed by atoms with Crippen molar-refractivity contribution in [1.29, 1.82) is 0 Å². The number of carbonyl (C=O) groups excluding carboxylic acids is 1. The fourth-order valence-electron chi connectivity index (χ4n) is 5.45. The van der Waals surface area contributed by atoms with Crippen LogP contribution in [0.25, 0.3) is 10.9 Å². The number of hydrogen-bond donors (Lipinski definition) is 3. The van der Waals surface area contributed by atoms with E-state index >= 15 is 0 Å². The van der Waals surface area contributed by atoms with Gasteiger partial charge in [-0.15, -0.1) is 6.42 Å². The molecule has 2 heterocycles. The SMILES string of the molecule is C#Cc1cc2c(cc1N1CCC(NS(=C)(C)=O)CC1)C(C)(C)c1[nH]c3cc(N)ccc3c1C2=O. The molecule has 176 valence electrons. The Labute approximate surface area is 201 Å². The Kier molecular flexibility index (Phi) is 5.08. The normalized spacial score (nSPS) is 19.4. The topological polar surface area (TPSA) is 91.2 Å². The van der Waals surface area contributed by atoms with Gasteiger partial charge in [0.05, 0.1) is 11.3 Å². The van der Waals surface area contributed by atoms with Crippen LogP contribution in [0.3, 0.4) is 0 Å². The van der Waals surface area contributed by atoms with E-state index < -0.39 is 15.1 Å². The van der Waals surface area contributed by atoms with Gasteiger partial charge in [-0.2, -0.15) is 0 Å². The van der Waals surface area contributed by atoms with Crippen LogP contribution < -0.4 is 15.4 Å². The third-order valence-electron chi connectivity index (χ3n) is 7.14. The first-order chi connectivity index (χ1) is 16.0. The summed E-state index contributed by atoms with van der Waals surface area (Å²) in [6, 6.07) is 9.76. The molecule has 3 aromatic rings. The largest absolute Gasteiger partial charge is 0.399 e. The number of rotatable bonds is 3. The maximum absolute atomic E-state index is 13.7. The molecule has 1 aromatic heterocycles. The third kappa shape index (κ3) is 3.58. The smallest absolute Gasteiger partial charge is 0.195 e. The third-order valence-corrected chi connectivity index (χ3v) is 7.97. The van der Waals surface area contributed by atoms with Crippen molar-refractivity contribution in [3.05, 3.63) is 58.3 Å². The lowest BCUT2D eigenvalue weighted by Crippen LogP contribution is -2.44. The fourth-order valence-corrected chi connectivity index (χ4v) is 6.39. The first-order valence-electron chi connectivity index (χ1n) is 11.5. The molecule has 0 amide bonds. The molecule has 1 fully saturated rings. The van der Waals surface area contributed by atoms with Gasteiger partial charge in [-0.25, -0.2) is 4.72 Å². The Balaban J connectivity index is 1.57. The van der Waals surface area contributed by atoms with Gasteiger partial charge in [0.25, 0.3) is 0 Å². The molecule has 1 aliphatic heterocycles. The maximum atomic E-state index is 13.7. The standard InChI is InChI=1S/C27H30N4O2S/c1-6-16-13-20-21(15-23(16)31-11-9-18(10-12-31)30-34(4,5)33)27(2,3)26-24(25(20)32)19-8-7-17(28)14-22(19)29-26/h1,7-8,13-15,18,29H,4,9-12,28H2,2-3,5H3,(H,30,33). The van der Waals surface area contributed by atoms with Crippen LogP contribution in [0.15, 0.2) is 30.3 Å². The Morgan fingerprint density at radius 3 is 2.62 bits per heavy atom. The highest BCUT2D eigenvalue weighted by Crippen LogP contribution is 2.45. The van der Waals surface area contributed by atoms with Crippen molar-refractivity contribution in [3.63, 3.8) is 0 Å². The number of aromatic amines is 1. The van der Waals surface area contributed by atoms with Crippen molar-refractivity contribution in [2.75, 3.05) is 30.0 Å². The molecule has 2 aliphatic rings. The molecule has 1 unspecified atom stereocenters. The van der Waals surface area contributed by atoms with E-state index in [2.05, 4.69) is 46.3 Å². The lowest BCUT2D eigenvalue weighted by atomic mass is 9.70. The van der Waals surface area contributed by atoms with Gasteiger partial charge in [0.2, 0.25) is 0 Å². The van der Waals surface area contributed by atoms with E-state index in [1.807, 2.05) is 24.3 Å². The van der Waals surface area contributed by atoms with Gasteiger partial charge >= 0.3 is 0 Å². The van der Waals surface area contributed by atoms with E-state index in [1.165, 1.54) is 0 Å². The first kappa shape index (κ1) is 22.6. The molecule has 6 nitrogen and oxygen atoms in total. The molecule has 0 saturated carbocycles. The van der Waals surface area contributed by atoms with Crippen LogP contribution in [0.4, 0.5) is 11.4 Å². The van der Waals surface area contributed by atoms with Crippen LogP contribution in [0.1, 0.15) is 59.4 Å². The zero-order valence-electron chi connectivity index (χ0n) is 19.8. The maximum Gasteiger partial charge on any atom is 0.195 e. The van der Waals surface area contributed by atoms with Gasteiger partial charge in [-0.3, -0.25) is 9.00 Å².